The van der Waals surface area contributed by atoms with Crippen LogP contribution in [-0.4, -0.2) is 41.9 Å². The Kier molecular flexibility index (Phi) is 3.69. The van der Waals surface area contributed by atoms with Gasteiger partial charge in [0.05, 0.1) is 13.2 Å². The molecule has 1 fully saturated rings. The molecular formula is C18H18N2O4. The lowest BCUT2D eigenvalue weighted by molar-refractivity contribution is -0.136. The molecule has 0 radical (unpaired) electrons. The highest BCUT2D eigenvalue weighted by atomic mass is 16.5. The molecule has 1 aromatic carbocycles. The summed E-state index contributed by atoms with van der Waals surface area (Å²) in [6.45, 7) is 1.68. The van der Waals surface area contributed by atoms with Gasteiger partial charge in [-0.3, -0.25) is 19.7 Å². The van der Waals surface area contributed by atoms with Crippen molar-refractivity contribution in [2.45, 2.75) is 31.8 Å². The van der Waals surface area contributed by atoms with E-state index in [2.05, 4.69) is 11.4 Å². The number of carbonyl (C=O) groups is 3. The van der Waals surface area contributed by atoms with Gasteiger partial charge in [-0.25, -0.2) is 0 Å². The first-order valence-electron chi connectivity index (χ1n) is 8.19. The molecule has 1 N–H and O–H groups in total. The van der Waals surface area contributed by atoms with Crippen molar-refractivity contribution in [3.63, 3.8) is 0 Å². The highest BCUT2D eigenvalue weighted by molar-refractivity contribution is 6.06. The second-order valence-corrected chi connectivity index (χ2v) is 6.29. The number of ether oxygens (including phenoxy) is 1. The Balaban J connectivity index is 1.66. The number of piperidine rings is 1. The SMILES string of the molecule is O=C1CCC(N2Cc3c(cccc3C3=CCOCC3)C2=O)C(=O)N1. The monoisotopic (exact) mass is 326 g/mol. The van der Waals surface area contributed by atoms with Gasteiger partial charge in [-0.15, -0.1) is 0 Å². The number of hydrogen-bond acceptors (Lipinski definition) is 4. The zero-order valence-electron chi connectivity index (χ0n) is 13.2. The molecule has 3 aliphatic heterocycles. The fourth-order valence-corrected chi connectivity index (χ4v) is 3.66. The van der Waals surface area contributed by atoms with Crippen molar-refractivity contribution in [2.24, 2.45) is 0 Å². The predicted octanol–water partition coefficient (Wildman–Crippen LogP) is 1.25. The van der Waals surface area contributed by atoms with Gasteiger partial charge in [0.1, 0.15) is 6.04 Å². The van der Waals surface area contributed by atoms with Gasteiger partial charge >= 0.3 is 0 Å². The maximum absolute atomic E-state index is 12.8. The van der Waals surface area contributed by atoms with Crippen LogP contribution in [0.1, 0.15) is 40.7 Å². The van der Waals surface area contributed by atoms with E-state index in [1.165, 1.54) is 5.57 Å². The largest absolute Gasteiger partial charge is 0.377 e. The molecule has 1 aromatic rings. The van der Waals surface area contributed by atoms with E-state index in [4.69, 9.17) is 4.74 Å². The lowest BCUT2D eigenvalue weighted by Crippen LogP contribution is -2.52. The van der Waals surface area contributed by atoms with Crippen LogP contribution in [0, 0.1) is 0 Å². The van der Waals surface area contributed by atoms with Crippen molar-refractivity contribution in [3.05, 3.63) is 41.0 Å². The smallest absolute Gasteiger partial charge is 0.255 e. The third kappa shape index (κ3) is 2.43. The molecule has 6 heteroatoms. The van der Waals surface area contributed by atoms with E-state index in [1.807, 2.05) is 18.2 Å². The molecule has 6 nitrogen and oxygen atoms in total. The van der Waals surface area contributed by atoms with E-state index < -0.39 is 6.04 Å². The van der Waals surface area contributed by atoms with E-state index in [-0.39, 0.29) is 24.1 Å². The van der Waals surface area contributed by atoms with E-state index in [9.17, 15) is 14.4 Å². The van der Waals surface area contributed by atoms with Crippen LogP contribution < -0.4 is 5.32 Å². The van der Waals surface area contributed by atoms with E-state index in [0.717, 1.165) is 17.5 Å². The second kappa shape index (κ2) is 5.87. The summed E-state index contributed by atoms with van der Waals surface area (Å²) in [4.78, 5) is 37.8. The molecule has 3 heterocycles. The number of nitrogens with one attached hydrogen (secondary N) is 1. The normalized spacial score (nSPS) is 23.8. The summed E-state index contributed by atoms with van der Waals surface area (Å²) < 4.78 is 5.36. The summed E-state index contributed by atoms with van der Waals surface area (Å²) >= 11 is 0. The van der Waals surface area contributed by atoms with Gasteiger partial charge < -0.3 is 9.64 Å². The Morgan fingerprint density at radius 2 is 1.96 bits per heavy atom. The highest BCUT2D eigenvalue weighted by Gasteiger charge is 2.39. The number of rotatable bonds is 2. The average molecular weight is 326 g/mol. The third-order valence-electron chi connectivity index (χ3n) is 4.89. The van der Waals surface area contributed by atoms with Gasteiger partial charge in [0.2, 0.25) is 11.8 Å². The fraction of sp³-hybridized carbons (Fsp3) is 0.389. The second-order valence-electron chi connectivity index (χ2n) is 6.29. The number of nitrogens with zero attached hydrogens (tertiary/aromatic N) is 1. The van der Waals surface area contributed by atoms with Crippen molar-refractivity contribution in [2.75, 3.05) is 13.2 Å². The zero-order chi connectivity index (χ0) is 16.7. The average Bonchev–Trinajstić information content (AvgIpc) is 2.93. The number of imide groups is 1. The first kappa shape index (κ1) is 15.1. The summed E-state index contributed by atoms with van der Waals surface area (Å²) in [7, 11) is 0. The molecule has 4 rings (SSSR count). The maximum Gasteiger partial charge on any atom is 0.255 e. The quantitative estimate of drug-likeness (QED) is 0.830. The first-order chi connectivity index (χ1) is 11.6. The van der Waals surface area contributed by atoms with Crippen LogP contribution in [-0.2, 0) is 20.9 Å². The topological polar surface area (TPSA) is 75.7 Å². The Labute approximate surface area is 139 Å². The number of hydrogen-bond donors (Lipinski definition) is 1. The minimum absolute atomic E-state index is 0.131. The minimum Gasteiger partial charge on any atom is -0.377 e. The fourth-order valence-electron chi connectivity index (χ4n) is 3.66. The Hall–Kier alpha value is -2.47. The van der Waals surface area contributed by atoms with E-state index in [0.29, 0.717) is 31.7 Å². The van der Waals surface area contributed by atoms with Crippen LogP contribution in [0.2, 0.25) is 0 Å². The van der Waals surface area contributed by atoms with Crippen LogP contribution in [0.15, 0.2) is 24.3 Å². The first-order valence-corrected chi connectivity index (χ1v) is 8.19. The van der Waals surface area contributed by atoms with Crippen molar-refractivity contribution in [1.29, 1.82) is 0 Å². The molecular weight excluding hydrogens is 308 g/mol. The van der Waals surface area contributed by atoms with Gasteiger partial charge in [-0.05, 0) is 35.6 Å². The number of amides is 3. The van der Waals surface area contributed by atoms with E-state index in [1.54, 1.807) is 4.90 Å². The number of benzene rings is 1. The van der Waals surface area contributed by atoms with Gasteiger partial charge in [0.25, 0.3) is 5.91 Å². The van der Waals surface area contributed by atoms with Crippen molar-refractivity contribution < 1.29 is 19.1 Å². The van der Waals surface area contributed by atoms with Crippen molar-refractivity contribution >= 4 is 23.3 Å². The molecule has 1 saturated heterocycles. The lowest BCUT2D eigenvalue weighted by Gasteiger charge is -2.29. The van der Waals surface area contributed by atoms with Crippen LogP contribution in [0.3, 0.4) is 0 Å². The molecule has 0 aromatic heterocycles. The molecule has 3 aliphatic rings. The molecule has 0 spiro atoms. The molecule has 0 bridgehead atoms. The molecule has 3 amide bonds. The summed E-state index contributed by atoms with van der Waals surface area (Å²) in [6.07, 6.45) is 3.53. The summed E-state index contributed by atoms with van der Waals surface area (Å²) in [5, 5.41) is 2.33. The van der Waals surface area contributed by atoms with Crippen molar-refractivity contribution in [3.8, 4) is 0 Å². The highest BCUT2D eigenvalue weighted by Crippen LogP contribution is 2.34. The standard InChI is InChI=1S/C18H18N2O4/c21-16-5-4-15(17(22)19-16)20-10-14-12(11-6-8-24-9-7-11)2-1-3-13(14)18(20)23/h1-3,6,15H,4-5,7-10H2,(H,19,21,22). The molecule has 0 saturated carbocycles. The minimum atomic E-state index is -0.570. The zero-order valence-corrected chi connectivity index (χ0v) is 13.2. The molecule has 124 valence electrons. The maximum atomic E-state index is 12.8. The van der Waals surface area contributed by atoms with Crippen LogP contribution >= 0.6 is 0 Å². The Morgan fingerprint density at radius 1 is 1.12 bits per heavy atom. The molecule has 24 heavy (non-hydrogen) atoms. The Bertz CT molecular complexity index is 768. The third-order valence-corrected chi connectivity index (χ3v) is 4.89. The van der Waals surface area contributed by atoms with Crippen LogP contribution in [0.4, 0.5) is 0 Å². The summed E-state index contributed by atoms with van der Waals surface area (Å²) in [5.41, 5.74) is 3.89. The van der Waals surface area contributed by atoms with Gasteiger partial charge in [-0.2, -0.15) is 0 Å². The predicted molar refractivity (Wildman–Crippen MR) is 85.9 cm³/mol. The molecule has 1 atom stereocenters. The van der Waals surface area contributed by atoms with E-state index >= 15 is 0 Å². The summed E-state index contributed by atoms with van der Waals surface area (Å²) in [5.74, 6) is -0.776. The van der Waals surface area contributed by atoms with Gasteiger partial charge in [0, 0.05) is 18.5 Å². The summed E-state index contributed by atoms with van der Waals surface area (Å²) in [6, 6.07) is 5.15. The Morgan fingerprint density at radius 3 is 2.71 bits per heavy atom. The lowest BCUT2D eigenvalue weighted by atomic mass is 9.94. The van der Waals surface area contributed by atoms with Gasteiger partial charge in [-0.1, -0.05) is 18.2 Å². The molecule has 0 aliphatic carbocycles. The van der Waals surface area contributed by atoms with Crippen LogP contribution in [0.25, 0.3) is 5.57 Å². The number of carbonyl (C=O) groups excluding carboxylic acids is 3. The molecule has 1 unspecified atom stereocenters. The van der Waals surface area contributed by atoms with Crippen LogP contribution in [0.5, 0.6) is 0 Å². The van der Waals surface area contributed by atoms with Crippen molar-refractivity contribution in [1.82, 2.24) is 10.2 Å². The van der Waals surface area contributed by atoms with Gasteiger partial charge in [0.15, 0.2) is 0 Å². The number of fused-ring (bicyclic) bond motifs is 1.